The van der Waals surface area contributed by atoms with E-state index in [0.29, 0.717) is 16.6 Å². The first-order chi connectivity index (χ1) is 12.8. The van der Waals surface area contributed by atoms with E-state index in [4.69, 9.17) is 13.9 Å². The maximum atomic E-state index is 6.88. The monoisotopic (exact) mass is 389 g/mol. The Balaban J connectivity index is 2.33. The second-order valence-corrected chi connectivity index (χ2v) is 13.5. The minimum atomic E-state index is -1.98. The minimum Gasteiger partial charge on any atom is -0.531 e. The van der Waals surface area contributed by atoms with Crippen molar-refractivity contribution in [2.45, 2.75) is 64.7 Å². The van der Waals surface area contributed by atoms with Gasteiger partial charge >= 0.3 is 0 Å². The van der Waals surface area contributed by atoms with Crippen molar-refractivity contribution in [1.29, 1.82) is 0 Å². The Morgan fingerprint density at radius 2 is 1.44 bits per heavy atom. The Kier molecular flexibility index (Phi) is 7.04. The third-order valence-corrected chi connectivity index (χ3v) is 11.6. The lowest BCUT2D eigenvalue weighted by Crippen LogP contribution is -2.51. The fourth-order valence-corrected chi connectivity index (χ4v) is 9.59. The van der Waals surface area contributed by atoms with Crippen molar-refractivity contribution >= 4 is 8.32 Å². The summed E-state index contributed by atoms with van der Waals surface area (Å²) in [5.41, 5.74) is 2.78. The fraction of sp³-hybridized carbons (Fsp3) is 0.545. The number of methoxy groups -OCH3 is 2. The highest BCUT2D eigenvalue weighted by Crippen LogP contribution is 2.43. The zero-order chi connectivity index (χ0) is 20.2. The summed E-state index contributed by atoms with van der Waals surface area (Å²) in [6.07, 6.45) is 2.09. The van der Waals surface area contributed by atoms with Crippen LogP contribution in [0, 0.1) is 0 Å². The Morgan fingerprint density at radius 3 is 1.96 bits per heavy atom. The summed E-state index contributed by atoms with van der Waals surface area (Å²) < 4.78 is 19.9. The molecule has 0 unspecified atom stereocenters. The molecule has 0 spiro atoms. The number of ether oxygens (including phenoxy) is 2. The van der Waals surface area contributed by atoms with E-state index in [0.717, 1.165) is 29.5 Å². The Labute approximate surface area is 165 Å². The molecule has 0 aliphatic rings. The summed E-state index contributed by atoms with van der Waals surface area (Å²) >= 11 is 0. The standard InChI is InChI=1S/C22H35NO3Si/c1-16(2)27(17(3)4,18(5)6)26-22-10-9-13-23(22)15-19-11-12-20(24-7)21(14-19)25-8/h9-14,16-18H,15H2,1-8H3. The van der Waals surface area contributed by atoms with Crippen LogP contribution < -0.4 is 13.9 Å². The van der Waals surface area contributed by atoms with Gasteiger partial charge in [-0.2, -0.15) is 0 Å². The SMILES string of the molecule is COc1ccc(Cn2cccc2O[Si](C(C)C)(C(C)C)C(C)C)cc1OC. The van der Waals surface area contributed by atoms with Crippen LogP contribution in [0.4, 0.5) is 0 Å². The Hall–Kier alpha value is -1.88. The average molecular weight is 390 g/mol. The molecular weight excluding hydrogens is 354 g/mol. The molecule has 1 aromatic carbocycles. The van der Waals surface area contributed by atoms with E-state index in [1.54, 1.807) is 14.2 Å². The maximum absolute atomic E-state index is 6.88. The molecule has 0 bridgehead atoms. The highest BCUT2D eigenvalue weighted by atomic mass is 28.4. The van der Waals surface area contributed by atoms with Gasteiger partial charge in [0.05, 0.1) is 20.8 Å². The predicted molar refractivity (Wildman–Crippen MR) is 115 cm³/mol. The largest absolute Gasteiger partial charge is 0.531 e. The molecule has 0 saturated carbocycles. The molecule has 0 radical (unpaired) electrons. The molecular formula is C22H35NO3Si. The normalized spacial score (nSPS) is 12.1. The molecule has 0 saturated heterocycles. The van der Waals surface area contributed by atoms with Crippen molar-refractivity contribution < 1.29 is 13.9 Å². The Bertz CT molecular complexity index is 715. The number of hydrogen-bond donors (Lipinski definition) is 0. The lowest BCUT2D eigenvalue weighted by atomic mass is 10.2. The van der Waals surface area contributed by atoms with Gasteiger partial charge in [0.1, 0.15) is 0 Å². The van der Waals surface area contributed by atoms with E-state index in [1.807, 2.05) is 12.1 Å². The zero-order valence-corrected chi connectivity index (χ0v) is 19.1. The number of benzene rings is 1. The molecule has 0 aliphatic carbocycles. The Morgan fingerprint density at radius 1 is 0.852 bits per heavy atom. The smallest absolute Gasteiger partial charge is 0.260 e. The highest BCUT2D eigenvalue weighted by molar-refractivity contribution is 6.78. The molecule has 2 rings (SSSR count). The zero-order valence-electron chi connectivity index (χ0n) is 18.1. The first-order valence-corrected chi connectivity index (χ1v) is 11.9. The quantitative estimate of drug-likeness (QED) is 0.485. The van der Waals surface area contributed by atoms with Crippen LogP contribution in [-0.4, -0.2) is 27.1 Å². The summed E-state index contributed by atoms with van der Waals surface area (Å²) in [5, 5.41) is 0. The minimum absolute atomic E-state index is 0.543. The lowest BCUT2D eigenvalue weighted by Gasteiger charge is -2.42. The molecule has 5 heteroatoms. The molecule has 0 amide bonds. The maximum Gasteiger partial charge on any atom is 0.260 e. The molecule has 1 heterocycles. The van der Waals surface area contributed by atoms with Gasteiger partial charge in [0.15, 0.2) is 17.4 Å². The van der Waals surface area contributed by atoms with Crippen LogP contribution in [0.3, 0.4) is 0 Å². The van der Waals surface area contributed by atoms with Crippen LogP contribution in [0.5, 0.6) is 17.4 Å². The van der Waals surface area contributed by atoms with Gasteiger partial charge in [-0.1, -0.05) is 47.6 Å². The number of hydrogen-bond acceptors (Lipinski definition) is 3. The summed E-state index contributed by atoms with van der Waals surface area (Å²) in [5.74, 6) is 2.46. The number of nitrogens with zero attached hydrogens (tertiary/aromatic N) is 1. The molecule has 2 aromatic rings. The van der Waals surface area contributed by atoms with E-state index < -0.39 is 8.32 Å². The van der Waals surface area contributed by atoms with Crippen molar-refractivity contribution in [3.63, 3.8) is 0 Å². The summed E-state index contributed by atoms with van der Waals surface area (Å²) in [7, 11) is 1.34. The van der Waals surface area contributed by atoms with Crippen LogP contribution in [-0.2, 0) is 6.54 Å². The first kappa shape index (κ1) is 21.4. The van der Waals surface area contributed by atoms with E-state index in [9.17, 15) is 0 Å². The van der Waals surface area contributed by atoms with E-state index in [-0.39, 0.29) is 0 Å². The third-order valence-electron chi connectivity index (χ3n) is 5.58. The second kappa shape index (κ2) is 8.87. The van der Waals surface area contributed by atoms with E-state index >= 15 is 0 Å². The van der Waals surface area contributed by atoms with E-state index in [2.05, 4.69) is 70.5 Å². The van der Waals surface area contributed by atoms with Crippen LogP contribution >= 0.6 is 0 Å². The van der Waals surface area contributed by atoms with Crippen molar-refractivity contribution in [2.24, 2.45) is 0 Å². The van der Waals surface area contributed by atoms with Gasteiger partial charge in [-0.15, -0.1) is 0 Å². The van der Waals surface area contributed by atoms with Crippen molar-refractivity contribution in [3.8, 4) is 17.4 Å². The van der Waals surface area contributed by atoms with E-state index in [1.165, 1.54) is 0 Å². The molecule has 0 N–H and O–H groups in total. The molecule has 1 aromatic heterocycles. The third kappa shape index (κ3) is 4.34. The van der Waals surface area contributed by atoms with Crippen molar-refractivity contribution in [2.75, 3.05) is 14.2 Å². The van der Waals surface area contributed by atoms with Gasteiger partial charge in [-0.05, 0) is 46.5 Å². The van der Waals surface area contributed by atoms with Crippen molar-refractivity contribution in [3.05, 3.63) is 42.1 Å². The van der Waals surface area contributed by atoms with Gasteiger partial charge in [0.2, 0.25) is 0 Å². The number of aromatic nitrogens is 1. The molecule has 0 fully saturated rings. The van der Waals surface area contributed by atoms with Gasteiger partial charge in [0, 0.05) is 6.20 Å². The molecule has 27 heavy (non-hydrogen) atoms. The summed E-state index contributed by atoms with van der Waals surface area (Å²) in [6, 6.07) is 10.2. The van der Waals surface area contributed by atoms with Gasteiger partial charge in [0.25, 0.3) is 8.32 Å². The molecule has 150 valence electrons. The first-order valence-electron chi connectivity index (χ1n) is 9.81. The van der Waals surface area contributed by atoms with Crippen molar-refractivity contribution in [1.82, 2.24) is 4.57 Å². The van der Waals surface area contributed by atoms with Gasteiger partial charge in [-0.3, -0.25) is 0 Å². The van der Waals surface area contributed by atoms with Gasteiger partial charge < -0.3 is 18.5 Å². The van der Waals surface area contributed by atoms with Crippen LogP contribution in [0.2, 0.25) is 16.6 Å². The molecule has 4 nitrogen and oxygen atoms in total. The second-order valence-electron chi connectivity index (χ2n) is 8.08. The molecule has 0 aliphatic heterocycles. The summed E-state index contributed by atoms with van der Waals surface area (Å²) in [4.78, 5) is 0. The average Bonchev–Trinajstić information content (AvgIpc) is 3.05. The fourth-order valence-electron chi connectivity index (χ4n) is 4.33. The summed E-state index contributed by atoms with van der Waals surface area (Å²) in [6.45, 7) is 14.6. The molecule has 0 atom stereocenters. The number of rotatable bonds is 9. The predicted octanol–water partition coefficient (Wildman–Crippen LogP) is 6.11. The van der Waals surface area contributed by atoms with Crippen LogP contribution in [0.1, 0.15) is 47.1 Å². The van der Waals surface area contributed by atoms with Gasteiger partial charge in [-0.25, -0.2) is 0 Å². The highest BCUT2D eigenvalue weighted by Gasteiger charge is 2.47. The van der Waals surface area contributed by atoms with Crippen LogP contribution in [0.25, 0.3) is 0 Å². The van der Waals surface area contributed by atoms with Crippen LogP contribution in [0.15, 0.2) is 36.5 Å². The topological polar surface area (TPSA) is 32.6 Å². The lowest BCUT2D eigenvalue weighted by molar-refractivity contribution is 0.354.